The van der Waals surface area contributed by atoms with E-state index in [0.717, 1.165) is 38.3 Å². The average molecular weight is 466 g/mol. The number of anilines is 1. The van der Waals surface area contributed by atoms with E-state index in [1.54, 1.807) is 26.2 Å². The number of hydrogen-bond acceptors (Lipinski definition) is 3. The Labute approximate surface area is 183 Å². The van der Waals surface area contributed by atoms with Crippen LogP contribution in [-0.2, 0) is 4.79 Å². The van der Waals surface area contributed by atoms with Gasteiger partial charge >= 0.3 is 0 Å². The molecule has 1 atom stereocenters. The fourth-order valence-electron chi connectivity index (χ4n) is 3.87. The van der Waals surface area contributed by atoms with E-state index in [1.807, 2.05) is 30.3 Å². The molecule has 0 aromatic heterocycles. The highest BCUT2D eigenvalue weighted by atomic mass is 79.9. The first-order valence-electron chi connectivity index (χ1n) is 9.66. The summed E-state index contributed by atoms with van der Waals surface area (Å²) in [6.07, 6.45) is 2.46. The first-order chi connectivity index (χ1) is 14.5. The molecule has 4 rings (SSSR count). The van der Waals surface area contributed by atoms with Crippen LogP contribution < -0.4 is 9.64 Å². The molecule has 3 aromatic carbocycles. The van der Waals surface area contributed by atoms with Crippen LogP contribution in [0.15, 0.2) is 71.2 Å². The smallest absolute Gasteiger partial charge is 0.132 e. The number of ketones is 1. The van der Waals surface area contributed by atoms with Gasteiger partial charge in [0.15, 0.2) is 0 Å². The Bertz CT molecular complexity index is 1110. The topological polar surface area (TPSA) is 29.5 Å². The second-order valence-corrected chi connectivity index (χ2v) is 8.22. The second-order valence-electron chi connectivity index (χ2n) is 7.30. The molecule has 1 heterocycles. The summed E-state index contributed by atoms with van der Waals surface area (Å²) in [6.45, 7) is 1.60. The minimum Gasteiger partial charge on any atom is -0.497 e. The molecule has 0 bridgehead atoms. The van der Waals surface area contributed by atoms with Crippen molar-refractivity contribution >= 4 is 39.2 Å². The Kier molecular flexibility index (Phi) is 5.73. The molecule has 1 unspecified atom stereocenters. The fourth-order valence-corrected chi connectivity index (χ4v) is 4.25. The Morgan fingerprint density at radius 1 is 1.07 bits per heavy atom. The summed E-state index contributed by atoms with van der Waals surface area (Å²) in [5, 5.41) is 0. The molecule has 0 saturated carbocycles. The molecule has 5 heteroatoms. The van der Waals surface area contributed by atoms with E-state index in [2.05, 4.69) is 39.0 Å². The molecule has 0 aliphatic carbocycles. The molecule has 0 radical (unpaired) electrons. The zero-order valence-corrected chi connectivity index (χ0v) is 18.3. The Morgan fingerprint density at radius 2 is 1.77 bits per heavy atom. The summed E-state index contributed by atoms with van der Waals surface area (Å²) in [5.41, 5.74) is 4.89. The van der Waals surface area contributed by atoms with Crippen molar-refractivity contribution < 1.29 is 13.9 Å². The van der Waals surface area contributed by atoms with Crippen LogP contribution in [0.5, 0.6) is 5.75 Å². The molecule has 1 aliphatic heterocycles. The summed E-state index contributed by atoms with van der Waals surface area (Å²) in [4.78, 5) is 14.4. The van der Waals surface area contributed by atoms with E-state index >= 15 is 0 Å². The lowest BCUT2D eigenvalue weighted by molar-refractivity contribution is -0.117. The molecule has 0 spiro atoms. The molecule has 0 fully saturated rings. The quantitative estimate of drug-likeness (QED) is 0.423. The number of Topliss-reactive ketones (excluding diaryl/α,β-unsaturated/α-hetero) is 1. The Morgan fingerprint density at radius 3 is 2.40 bits per heavy atom. The van der Waals surface area contributed by atoms with E-state index in [1.165, 1.54) is 12.1 Å². The van der Waals surface area contributed by atoms with Crippen LogP contribution in [0.1, 0.15) is 36.1 Å². The van der Waals surface area contributed by atoms with Crippen LogP contribution in [0.4, 0.5) is 10.1 Å². The van der Waals surface area contributed by atoms with Crippen molar-refractivity contribution in [2.45, 2.75) is 19.4 Å². The normalized spacial score (nSPS) is 15.4. The number of hydrogen-bond donors (Lipinski definition) is 0. The van der Waals surface area contributed by atoms with Crippen LogP contribution in [0, 0.1) is 5.82 Å². The Balaban J connectivity index is 1.93. The van der Waals surface area contributed by atoms with E-state index in [-0.39, 0.29) is 17.6 Å². The van der Waals surface area contributed by atoms with Gasteiger partial charge in [-0.25, -0.2) is 4.39 Å². The van der Waals surface area contributed by atoms with Gasteiger partial charge in [-0.1, -0.05) is 22.0 Å². The van der Waals surface area contributed by atoms with Gasteiger partial charge in [0.25, 0.3) is 0 Å². The van der Waals surface area contributed by atoms with Crippen molar-refractivity contribution in [3.05, 3.63) is 93.7 Å². The third kappa shape index (κ3) is 4.03. The maximum Gasteiger partial charge on any atom is 0.132 e. The molecule has 0 N–H and O–H groups in total. The van der Waals surface area contributed by atoms with Crippen molar-refractivity contribution in [1.29, 1.82) is 0 Å². The molecule has 0 amide bonds. The minimum atomic E-state index is -0.294. The van der Waals surface area contributed by atoms with Crippen LogP contribution >= 0.6 is 15.9 Å². The third-order valence-electron chi connectivity index (χ3n) is 5.24. The number of benzene rings is 3. The lowest BCUT2D eigenvalue weighted by Gasteiger charge is -2.39. The molecule has 30 heavy (non-hydrogen) atoms. The van der Waals surface area contributed by atoms with Crippen molar-refractivity contribution in [3.8, 4) is 5.75 Å². The van der Waals surface area contributed by atoms with E-state index in [9.17, 15) is 9.18 Å². The highest BCUT2D eigenvalue weighted by Gasteiger charge is 2.31. The van der Waals surface area contributed by atoms with Gasteiger partial charge in [-0.3, -0.25) is 4.79 Å². The molecule has 3 nitrogen and oxygen atoms in total. The van der Waals surface area contributed by atoms with Gasteiger partial charge in [0, 0.05) is 22.3 Å². The molecule has 152 valence electrons. The molecule has 3 aromatic rings. The number of fused-ring (bicyclic) bond motifs is 1. The summed E-state index contributed by atoms with van der Waals surface area (Å²) in [6, 6.07) is 20.1. The first-order valence-corrected chi connectivity index (χ1v) is 10.5. The lowest BCUT2D eigenvalue weighted by Crippen LogP contribution is -2.31. The van der Waals surface area contributed by atoms with Gasteiger partial charge in [0.2, 0.25) is 0 Å². The first kappa shape index (κ1) is 20.4. The van der Waals surface area contributed by atoms with Gasteiger partial charge in [-0.05, 0) is 90.4 Å². The van der Waals surface area contributed by atoms with Gasteiger partial charge in [-0.15, -0.1) is 0 Å². The number of carbonyl (C=O) groups excluding carboxylic acids is 1. The summed E-state index contributed by atoms with van der Waals surface area (Å²) < 4.78 is 19.9. The minimum absolute atomic E-state index is 0.0917. The fraction of sp³-hybridized carbons (Fsp3) is 0.160. The van der Waals surface area contributed by atoms with Crippen LogP contribution in [-0.4, -0.2) is 12.9 Å². The number of nitrogens with zero attached hydrogens (tertiary/aromatic N) is 1. The van der Waals surface area contributed by atoms with Gasteiger partial charge < -0.3 is 9.64 Å². The SMILES string of the molecule is COc1ccc(C2=Cc3ccc(Br)cc3C(CC(C)=O)N2c2ccc(F)cc2)cc1. The maximum absolute atomic E-state index is 13.6. The van der Waals surface area contributed by atoms with E-state index < -0.39 is 0 Å². The van der Waals surface area contributed by atoms with Crippen molar-refractivity contribution in [2.24, 2.45) is 0 Å². The zero-order valence-electron chi connectivity index (χ0n) is 16.7. The average Bonchev–Trinajstić information content (AvgIpc) is 2.74. The molecular weight excluding hydrogens is 445 g/mol. The van der Waals surface area contributed by atoms with Crippen molar-refractivity contribution in [2.75, 3.05) is 12.0 Å². The highest BCUT2D eigenvalue weighted by Crippen LogP contribution is 2.44. The predicted molar refractivity (Wildman–Crippen MR) is 122 cm³/mol. The van der Waals surface area contributed by atoms with Crippen molar-refractivity contribution in [3.63, 3.8) is 0 Å². The molecular formula is C25H21BrFNO2. The molecule has 0 saturated heterocycles. The van der Waals surface area contributed by atoms with Crippen molar-refractivity contribution in [1.82, 2.24) is 0 Å². The van der Waals surface area contributed by atoms with Crippen LogP contribution in [0.2, 0.25) is 0 Å². The second kappa shape index (κ2) is 8.44. The van der Waals surface area contributed by atoms with Crippen LogP contribution in [0.25, 0.3) is 11.8 Å². The number of carbonyl (C=O) groups is 1. The number of halogens is 2. The van der Waals surface area contributed by atoms with Crippen LogP contribution in [0.3, 0.4) is 0 Å². The number of methoxy groups -OCH3 is 1. The third-order valence-corrected chi connectivity index (χ3v) is 5.74. The van der Waals surface area contributed by atoms with Gasteiger partial charge in [0.05, 0.1) is 13.2 Å². The standard InChI is InChI=1S/C25H21BrFNO2/c1-16(29)13-25-23-15-19(26)6-3-18(23)14-24(17-4-11-22(30-2)12-5-17)28(25)21-9-7-20(27)8-10-21/h3-12,14-15,25H,13H2,1-2H3. The maximum atomic E-state index is 13.6. The van der Waals surface area contributed by atoms with E-state index in [4.69, 9.17) is 4.74 Å². The number of rotatable bonds is 5. The summed E-state index contributed by atoms with van der Waals surface area (Å²) >= 11 is 3.56. The zero-order chi connectivity index (χ0) is 21.3. The highest BCUT2D eigenvalue weighted by molar-refractivity contribution is 9.10. The van der Waals surface area contributed by atoms with Gasteiger partial charge in [-0.2, -0.15) is 0 Å². The summed E-state index contributed by atoms with van der Waals surface area (Å²) in [5.74, 6) is 0.569. The Hall–Kier alpha value is -2.92. The molecule has 1 aliphatic rings. The summed E-state index contributed by atoms with van der Waals surface area (Å²) in [7, 11) is 1.64. The lowest BCUT2D eigenvalue weighted by atomic mass is 9.88. The monoisotopic (exact) mass is 465 g/mol. The number of ether oxygens (including phenoxy) is 1. The predicted octanol–water partition coefficient (Wildman–Crippen LogP) is 6.64. The van der Waals surface area contributed by atoms with E-state index in [0.29, 0.717) is 6.42 Å². The van der Waals surface area contributed by atoms with Gasteiger partial charge in [0.1, 0.15) is 17.3 Å². The largest absolute Gasteiger partial charge is 0.497 e.